The van der Waals surface area contributed by atoms with E-state index in [0.29, 0.717) is 17.5 Å². The van der Waals surface area contributed by atoms with Gasteiger partial charge in [-0.25, -0.2) is 4.79 Å². The molecule has 0 aromatic heterocycles. The third-order valence-corrected chi connectivity index (χ3v) is 3.56. The van der Waals surface area contributed by atoms with Crippen molar-refractivity contribution in [1.29, 1.82) is 0 Å². The number of rotatable bonds is 7. The Morgan fingerprint density at radius 2 is 1.74 bits per heavy atom. The van der Waals surface area contributed by atoms with Gasteiger partial charge in [-0.05, 0) is 41.8 Å². The number of hydrogen-bond donors (Lipinski definition) is 1. The highest BCUT2D eigenvalue weighted by molar-refractivity contribution is 6.31. The van der Waals surface area contributed by atoms with Crippen molar-refractivity contribution in [2.75, 3.05) is 13.2 Å². The first-order valence-corrected chi connectivity index (χ1v) is 7.73. The van der Waals surface area contributed by atoms with Gasteiger partial charge in [-0.15, -0.1) is 0 Å². The van der Waals surface area contributed by atoms with E-state index in [9.17, 15) is 4.79 Å². The first-order valence-electron chi connectivity index (χ1n) is 7.36. The minimum atomic E-state index is -1.08. The van der Waals surface area contributed by atoms with Gasteiger partial charge in [0.2, 0.25) is 0 Å². The smallest absolute Gasteiger partial charge is 0.339 e. The lowest BCUT2D eigenvalue weighted by molar-refractivity contribution is 0.0691. The molecular formula is C18H19ClO4. The molecule has 0 amide bonds. The molecule has 2 aromatic carbocycles. The molecule has 0 bridgehead atoms. The van der Waals surface area contributed by atoms with E-state index in [4.69, 9.17) is 26.2 Å². The van der Waals surface area contributed by atoms with Gasteiger partial charge >= 0.3 is 5.97 Å². The summed E-state index contributed by atoms with van der Waals surface area (Å²) >= 11 is 5.79. The molecule has 0 radical (unpaired) electrons. The Bertz CT molecular complexity index is 665. The zero-order valence-electron chi connectivity index (χ0n) is 13.1. The van der Waals surface area contributed by atoms with Gasteiger partial charge in [0.1, 0.15) is 30.3 Å². The number of carboxylic acids is 1. The summed E-state index contributed by atoms with van der Waals surface area (Å²) in [7, 11) is 0. The molecule has 0 aliphatic rings. The van der Waals surface area contributed by atoms with Gasteiger partial charge in [-0.2, -0.15) is 0 Å². The van der Waals surface area contributed by atoms with Crippen LogP contribution in [0.2, 0.25) is 5.02 Å². The minimum absolute atomic E-state index is 0.0405. The summed E-state index contributed by atoms with van der Waals surface area (Å²) in [6.07, 6.45) is 0. The van der Waals surface area contributed by atoms with Crippen LogP contribution in [0.1, 0.15) is 35.7 Å². The van der Waals surface area contributed by atoms with Crippen molar-refractivity contribution in [3.63, 3.8) is 0 Å². The zero-order valence-corrected chi connectivity index (χ0v) is 13.8. The van der Waals surface area contributed by atoms with Crippen molar-refractivity contribution in [3.8, 4) is 11.5 Å². The van der Waals surface area contributed by atoms with E-state index < -0.39 is 5.97 Å². The van der Waals surface area contributed by atoms with Gasteiger partial charge in [0.05, 0.1) is 0 Å². The molecule has 5 heteroatoms. The second-order valence-electron chi connectivity index (χ2n) is 5.37. The Kier molecular flexibility index (Phi) is 5.88. The molecule has 0 heterocycles. The van der Waals surface area contributed by atoms with E-state index in [2.05, 4.69) is 13.8 Å². The second-order valence-corrected chi connectivity index (χ2v) is 5.80. The minimum Gasteiger partial charge on any atom is -0.490 e. The number of hydrogen-bond acceptors (Lipinski definition) is 3. The summed E-state index contributed by atoms with van der Waals surface area (Å²) in [5, 5.41) is 9.48. The largest absolute Gasteiger partial charge is 0.490 e. The van der Waals surface area contributed by atoms with E-state index >= 15 is 0 Å². The second kappa shape index (κ2) is 7.88. The van der Waals surface area contributed by atoms with Gasteiger partial charge < -0.3 is 14.6 Å². The monoisotopic (exact) mass is 334 g/mol. The zero-order chi connectivity index (χ0) is 16.8. The van der Waals surface area contributed by atoms with Crippen LogP contribution in [-0.2, 0) is 0 Å². The maximum absolute atomic E-state index is 11.1. The first kappa shape index (κ1) is 17.2. The number of carbonyl (C=O) groups is 1. The SMILES string of the molecule is CC(C)c1ccc(OCCOc2ccc(Cl)cc2C(=O)O)cc1. The molecule has 2 aromatic rings. The van der Waals surface area contributed by atoms with Crippen LogP contribution in [0.3, 0.4) is 0 Å². The molecule has 0 unspecified atom stereocenters. The molecule has 0 saturated heterocycles. The Morgan fingerprint density at radius 1 is 1.09 bits per heavy atom. The van der Waals surface area contributed by atoms with Crippen molar-refractivity contribution >= 4 is 17.6 Å². The van der Waals surface area contributed by atoms with Gasteiger partial charge in [0.15, 0.2) is 0 Å². The lowest BCUT2D eigenvalue weighted by Gasteiger charge is -2.11. The summed E-state index contributed by atoms with van der Waals surface area (Å²) in [5.41, 5.74) is 1.29. The van der Waals surface area contributed by atoms with Gasteiger partial charge in [-0.3, -0.25) is 0 Å². The summed E-state index contributed by atoms with van der Waals surface area (Å²) in [6, 6.07) is 12.4. The average molecular weight is 335 g/mol. The Hall–Kier alpha value is -2.20. The summed E-state index contributed by atoms with van der Waals surface area (Å²) < 4.78 is 11.1. The maximum Gasteiger partial charge on any atom is 0.339 e. The molecule has 0 saturated carbocycles. The number of carboxylic acid groups (broad SMARTS) is 1. The molecule has 122 valence electrons. The molecule has 1 N–H and O–H groups in total. The molecule has 2 rings (SSSR count). The number of benzene rings is 2. The van der Waals surface area contributed by atoms with E-state index in [1.54, 1.807) is 12.1 Å². The van der Waals surface area contributed by atoms with Crippen molar-refractivity contribution in [2.45, 2.75) is 19.8 Å². The first-order chi connectivity index (χ1) is 11.0. The fourth-order valence-corrected chi connectivity index (χ4v) is 2.23. The molecule has 0 spiro atoms. The van der Waals surface area contributed by atoms with Gasteiger partial charge in [-0.1, -0.05) is 37.6 Å². The summed E-state index contributed by atoms with van der Waals surface area (Å²) in [6.45, 7) is 4.84. The predicted molar refractivity (Wildman–Crippen MR) is 89.9 cm³/mol. The highest BCUT2D eigenvalue weighted by atomic mass is 35.5. The molecule has 23 heavy (non-hydrogen) atoms. The molecule has 0 atom stereocenters. The maximum atomic E-state index is 11.1. The van der Waals surface area contributed by atoms with Crippen LogP contribution >= 0.6 is 11.6 Å². The highest BCUT2D eigenvalue weighted by Crippen LogP contribution is 2.23. The molecule has 0 aliphatic carbocycles. The normalized spacial score (nSPS) is 10.6. The highest BCUT2D eigenvalue weighted by Gasteiger charge is 2.11. The van der Waals surface area contributed by atoms with E-state index in [1.807, 2.05) is 24.3 Å². The van der Waals surface area contributed by atoms with E-state index in [0.717, 1.165) is 5.75 Å². The lowest BCUT2D eigenvalue weighted by Crippen LogP contribution is -2.11. The quantitative estimate of drug-likeness (QED) is 0.751. The summed E-state index contributed by atoms with van der Waals surface area (Å²) in [4.78, 5) is 11.1. The Balaban J connectivity index is 1.87. The predicted octanol–water partition coefficient (Wildman–Crippen LogP) is 4.62. The third kappa shape index (κ3) is 4.89. The van der Waals surface area contributed by atoms with Crippen molar-refractivity contribution in [1.82, 2.24) is 0 Å². The van der Waals surface area contributed by atoms with Crippen LogP contribution in [0.5, 0.6) is 11.5 Å². The van der Waals surface area contributed by atoms with Crippen molar-refractivity contribution in [3.05, 3.63) is 58.6 Å². The number of ether oxygens (including phenoxy) is 2. The molecule has 0 aliphatic heterocycles. The Morgan fingerprint density at radius 3 is 2.35 bits per heavy atom. The molecule has 0 fully saturated rings. The van der Waals surface area contributed by atoms with Crippen molar-refractivity contribution in [2.24, 2.45) is 0 Å². The van der Waals surface area contributed by atoms with Crippen LogP contribution in [0.15, 0.2) is 42.5 Å². The number of halogens is 1. The summed E-state index contributed by atoms with van der Waals surface area (Å²) in [5.74, 6) is 0.438. The van der Waals surface area contributed by atoms with Crippen molar-refractivity contribution < 1.29 is 19.4 Å². The van der Waals surface area contributed by atoms with E-state index in [-0.39, 0.29) is 17.9 Å². The standard InChI is InChI=1S/C18H19ClO4/c1-12(2)13-3-6-15(7-4-13)22-9-10-23-17-8-5-14(19)11-16(17)18(20)21/h3-8,11-12H,9-10H2,1-2H3,(H,20,21). The average Bonchev–Trinajstić information content (AvgIpc) is 2.53. The molecular weight excluding hydrogens is 316 g/mol. The lowest BCUT2D eigenvalue weighted by atomic mass is 10.0. The van der Waals surface area contributed by atoms with Crippen LogP contribution in [0.25, 0.3) is 0 Å². The third-order valence-electron chi connectivity index (χ3n) is 3.33. The van der Waals surface area contributed by atoms with Crippen LogP contribution in [0, 0.1) is 0 Å². The number of aromatic carboxylic acids is 1. The van der Waals surface area contributed by atoms with Gasteiger partial charge in [0, 0.05) is 5.02 Å². The van der Waals surface area contributed by atoms with Gasteiger partial charge in [0.25, 0.3) is 0 Å². The Labute approximate surface area is 140 Å². The van der Waals surface area contributed by atoms with Crippen LogP contribution in [-0.4, -0.2) is 24.3 Å². The van der Waals surface area contributed by atoms with E-state index in [1.165, 1.54) is 11.6 Å². The fraction of sp³-hybridized carbons (Fsp3) is 0.278. The molecule has 4 nitrogen and oxygen atoms in total. The topological polar surface area (TPSA) is 55.8 Å². The van der Waals surface area contributed by atoms with Crippen LogP contribution in [0.4, 0.5) is 0 Å². The van der Waals surface area contributed by atoms with Crippen LogP contribution < -0.4 is 9.47 Å². The fourth-order valence-electron chi connectivity index (χ4n) is 2.06.